The first-order valence-corrected chi connectivity index (χ1v) is 7.44. The van der Waals surface area contributed by atoms with Crippen LogP contribution < -0.4 is 10.2 Å². The second kappa shape index (κ2) is 5.74. The van der Waals surface area contributed by atoms with E-state index in [1.165, 1.54) is 13.1 Å². The summed E-state index contributed by atoms with van der Waals surface area (Å²) in [5.74, 6) is -1.43. The zero-order valence-electron chi connectivity index (χ0n) is 10.9. The predicted octanol–water partition coefficient (Wildman–Crippen LogP) is 1.69. The van der Waals surface area contributed by atoms with Gasteiger partial charge in [0.15, 0.2) is 0 Å². The molecule has 0 aliphatic rings. The van der Waals surface area contributed by atoms with E-state index in [4.69, 9.17) is 0 Å². The number of halogens is 2. The Labute approximate surface area is 119 Å². The molecule has 0 fully saturated rings. The van der Waals surface area contributed by atoms with E-state index in [2.05, 4.69) is 9.71 Å². The Balaban J connectivity index is 2.35. The van der Waals surface area contributed by atoms with Crippen molar-refractivity contribution in [1.82, 2.24) is 9.71 Å². The van der Waals surface area contributed by atoms with Gasteiger partial charge in [-0.2, -0.15) is 0 Å². The number of nitrogens with one attached hydrogen (secondary N) is 2. The van der Waals surface area contributed by atoms with Crippen molar-refractivity contribution in [2.45, 2.75) is 17.9 Å². The van der Waals surface area contributed by atoms with E-state index >= 15 is 0 Å². The van der Waals surface area contributed by atoms with Crippen molar-refractivity contribution in [2.75, 3.05) is 0 Å². The molecule has 8 heteroatoms. The van der Waals surface area contributed by atoms with Crippen LogP contribution in [0.1, 0.15) is 18.5 Å². The van der Waals surface area contributed by atoms with E-state index in [-0.39, 0.29) is 5.56 Å². The minimum atomic E-state index is -4.15. The molecule has 0 aliphatic heterocycles. The first-order chi connectivity index (χ1) is 9.81. The molecule has 2 N–H and O–H groups in total. The predicted molar refractivity (Wildman–Crippen MR) is 72.2 cm³/mol. The Morgan fingerprint density at radius 3 is 2.62 bits per heavy atom. The summed E-state index contributed by atoms with van der Waals surface area (Å²) >= 11 is 0. The van der Waals surface area contributed by atoms with Crippen molar-refractivity contribution >= 4 is 10.0 Å². The highest BCUT2D eigenvalue weighted by Gasteiger charge is 2.22. The number of hydrogen-bond acceptors (Lipinski definition) is 3. The van der Waals surface area contributed by atoms with E-state index in [1.54, 1.807) is 0 Å². The number of sulfonamides is 1. The molecule has 0 bridgehead atoms. The first-order valence-electron chi connectivity index (χ1n) is 5.95. The van der Waals surface area contributed by atoms with E-state index in [9.17, 15) is 22.0 Å². The first kappa shape index (κ1) is 15.3. The third kappa shape index (κ3) is 3.34. The zero-order valence-corrected chi connectivity index (χ0v) is 11.7. The van der Waals surface area contributed by atoms with Gasteiger partial charge in [0.2, 0.25) is 15.5 Å². The van der Waals surface area contributed by atoms with Crippen LogP contribution in [0.3, 0.4) is 0 Å². The molecular formula is C13H12F2N2O3S. The lowest BCUT2D eigenvalue weighted by molar-refractivity contribution is 0.541. The highest BCUT2D eigenvalue weighted by atomic mass is 32.2. The number of rotatable bonds is 4. The van der Waals surface area contributed by atoms with Crippen molar-refractivity contribution in [3.63, 3.8) is 0 Å². The van der Waals surface area contributed by atoms with Gasteiger partial charge >= 0.3 is 0 Å². The van der Waals surface area contributed by atoms with Gasteiger partial charge in [0.25, 0.3) is 0 Å². The highest BCUT2D eigenvalue weighted by Crippen LogP contribution is 2.19. The highest BCUT2D eigenvalue weighted by molar-refractivity contribution is 7.89. The average Bonchev–Trinajstić information content (AvgIpc) is 2.41. The van der Waals surface area contributed by atoms with Crippen LogP contribution in [0.15, 0.2) is 46.3 Å². The lowest BCUT2D eigenvalue weighted by atomic mass is 10.1. The fourth-order valence-corrected chi connectivity index (χ4v) is 3.09. The zero-order chi connectivity index (χ0) is 15.6. The summed E-state index contributed by atoms with van der Waals surface area (Å²) < 4.78 is 53.1. The molecule has 0 saturated heterocycles. The summed E-state index contributed by atoms with van der Waals surface area (Å²) in [5.41, 5.74) is -0.848. The lowest BCUT2D eigenvalue weighted by Crippen LogP contribution is -2.31. The second-order valence-electron chi connectivity index (χ2n) is 4.38. The number of H-pyrrole nitrogens is 1. The Hall–Kier alpha value is -2.06. The van der Waals surface area contributed by atoms with Crippen molar-refractivity contribution in [3.8, 4) is 0 Å². The van der Waals surface area contributed by atoms with Gasteiger partial charge in [0.05, 0.1) is 0 Å². The molecule has 1 atom stereocenters. The molecule has 5 nitrogen and oxygen atoms in total. The smallest absolute Gasteiger partial charge is 0.246 e. The topological polar surface area (TPSA) is 79.0 Å². The molecule has 1 aromatic carbocycles. The Kier molecular flexibility index (Phi) is 4.19. The fraction of sp³-hybridized carbons (Fsp3) is 0.154. The van der Waals surface area contributed by atoms with Gasteiger partial charge in [0, 0.05) is 30.1 Å². The second-order valence-corrected chi connectivity index (χ2v) is 6.06. The molecule has 0 amide bonds. The molecule has 1 aromatic heterocycles. The van der Waals surface area contributed by atoms with Crippen LogP contribution >= 0.6 is 0 Å². The van der Waals surface area contributed by atoms with Gasteiger partial charge in [-0.3, -0.25) is 4.79 Å². The van der Waals surface area contributed by atoms with Crippen molar-refractivity contribution in [2.24, 2.45) is 0 Å². The molecule has 0 radical (unpaired) electrons. The Morgan fingerprint density at radius 2 is 1.95 bits per heavy atom. The third-order valence-corrected chi connectivity index (χ3v) is 4.40. The molecular weight excluding hydrogens is 302 g/mol. The van der Waals surface area contributed by atoms with E-state index in [0.717, 1.165) is 30.5 Å². The number of aromatic amines is 1. The Bertz CT molecular complexity index is 818. The number of benzene rings is 1. The molecule has 112 valence electrons. The molecule has 0 saturated carbocycles. The Morgan fingerprint density at radius 1 is 1.24 bits per heavy atom. The summed E-state index contributed by atoms with van der Waals surface area (Å²) in [6.45, 7) is 1.35. The molecule has 0 aliphatic carbocycles. The summed E-state index contributed by atoms with van der Waals surface area (Å²) in [6.07, 6.45) is 2.32. The SMILES string of the molecule is CC(NS(=O)(=O)c1c[nH]ccc1=O)c1cc(F)ccc1F. The van der Waals surface area contributed by atoms with E-state index in [0.29, 0.717) is 0 Å². The van der Waals surface area contributed by atoms with Crippen LogP contribution in [-0.4, -0.2) is 13.4 Å². The van der Waals surface area contributed by atoms with E-state index < -0.39 is 38.0 Å². The van der Waals surface area contributed by atoms with Crippen LogP contribution in [-0.2, 0) is 10.0 Å². The van der Waals surface area contributed by atoms with Crippen molar-refractivity contribution < 1.29 is 17.2 Å². The summed E-state index contributed by atoms with van der Waals surface area (Å²) in [6, 6.07) is 2.76. The standard InChI is InChI=1S/C13H12F2N2O3S/c1-8(10-6-9(14)2-3-11(10)15)17-21(19,20)13-7-16-5-4-12(13)18/h2-8,17H,1H3,(H,16,18). The maximum Gasteiger partial charge on any atom is 0.246 e. The van der Waals surface area contributed by atoms with Crippen LogP contribution in [0.4, 0.5) is 8.78 Å². The maximum absolute atomic E-state index is 13.6. The van der Waals surface area contributed by atoms with E-state index in [1.807, 2.05) is 0 Å². The quantitative estimate of drug-likeness (QED) is 0.901. The summed E-state index contributed by atoms with van der Waals surface area (Å²) in [5, 5.41) is 0. The fourth-order valence-electron chi connectivity index (χ4n) is 1.82. The van der Waals surface area contributed by atoms with Gasteiger partial charge in [-0.25, -0.2) is 21.9 Å². The van der Waals surface area contributed by atoms with Crippen LogP contribution in [0.25, 0.3) is 0 Å². The van der Waals surface area contributed by atoms with Crippen LogP contribution in [0.2, 0.25) is 0 Å². The molecule has 1 unspecified atom stereocenters. The molecule has 21 heavy (non-hydrogen) atoms. The lowest BCUT2D eigenvalue weighted by Gasteiger charge is -2.15. The van der Waals surface area contributed by atoms with Crippen LogP contribution in [0.5, 0.6) is 0 Å². The van der Waals surface area contributed by atoms with Gasteiger partial charge in [0.1, 0.15) is 16.5 Å². The maximum atomic E-state index is 13.6. The van der Waals surface area contributed by atoms with Crippen molar-refractivity contribution in [1.29, 1.82) is 0 Å². The van der Waals surface area contributed by atoms with Gasteiger partial charge in [-0.05, 0) is 25.1 Å². The molecule has 2 aromatic rings. The largest absolute Gasteiger partial charge is 0.366 e. The van der Waals surface area contributed by atoms with Gasteiger partial charge < -0.3 is 4.98 Å². The monoisotopic (exact) mass is 314 g/mol. The molecule has 1 heterocycles. The third-order valence-electron chi connectivity index (χ3n) is 2.83. The number of pyridine rings is 1. The minimum absolute atomic E-state index is 0.147. The summed E-state index contributed by atoms with van der Waals surface area (Å²) in [7, 11) is -4.15. The number of aromatic nitrogens is 1. The number of hydrogen-bond donors (Lipinski definition) is 2. The van der Waals surface area contributed by atoms with Crippen molar-refractivity contribution in [3.05, 3.63) is 64.1 Å². The minimum Gasteiger partial charge on any atom is -0.366 e. The summed E-state index contributed by atoms with van der Waals surface area (Å²) in [4.78, 5) is 13.5. The van der Waals surface area contributed by atoms with Gasteiger partial charge in [-0.15, -0.1) is 0 Å². The van der Waals surface area contributed by atoms with Crippen LogP contribution in [0, 0.1) is 11.6 Å². The molecule has 0 spiro atoms. The van der Waals surface area contributed by atoms with Gasteiger partial charge in [-0.1, -0.05) is 0 Å². The average molecular weight is 314 g/mol. The molecule has 2 rings (SSSR count). The normalized spacial score (nSPS) is 13.1.